The zero-order chi connectivity index (χ0) is 21.6. The molecule has 0 unspecified atom stereocenters. The van der Waals surface area contributed by atoms with E-state index in [-0.39, 0.29) is 0 Å². The quantitative estimate of drug-likeness (QED) is 0.163. The highest BCUT2D eigenvalue weighted by molar-refractivity contribution is 5.97. The van der Waals surface area contributed by atoms with Crippen LogP contribution in [0.4, 0.5) is 11.4 Å². The van der Waals surface area contributed by atoms with E-state index in [0.717, 1.165) is 12.2 Å². The van der Waals surface area contributed by atoms with Crippen LogP contribution in [0.15, 0.2) is 42.5 Å². The van der Waals surface area contributed by atoms with E-state index >= 15 is 0 Å². The highest BCUT2D eigenvalue weighted by Crippen LogP contribution is 2.22. The summed E-state index contributed by atoms with van der Waals surface area (Å²) in [6, 6.07) is 11.8. The highest BCUT2D eigenvalue weighted by Gasteiger charge is 2.12. The van der Waals surface area contributed by atoms with Gasteiger partial charge in [0.1, 0.15) is 11.5 Å². The summed E-state index contributed by atoms with van der Waals surface area (Å²) in [4.78, 5) is 12.2. The summed E-state index contributed by atoms with van der Waals surface area (Å²) in [5.41, 5.74) is 12.6. The molecule has 0 saturated carbocycles. The van der Waals surface area contributed by atoms with Crippen LogP contribution in [0.1, 0.15) is 81.5 Å². The van der Waals surface area contributed by atoms with Crippen molar-refractivity contribution in [1.29, 1.82) is 0 Å². The van der Waals surface area contributed by atoms with E-state index in [4.69, 9.17) is 20.9 Å². The van der Waals surface area contributed by atoms with Crippen molar-refractivity contribution >= 4 is 17.3 Å². The second kappa shape index (κ2) is 13.5. The molecule has 2 rings (SSSR count). The Morgan fingerprint density at radius 1 is 0.767 bits per heavy atom. The average Bonchev–Trinajstić information content (AvgIpc) is 2.73. The number of carbonyl (C=O) groups excluding carboxylic acids is 1. The first-order valence-corrected chi connectivity index (χ1v) is 11.2. The van der Waals surface area contributed by atoms with Crippen LogP contribution in [-0.2, 0) is 0 Å². The fourth-order valence-corrected chi connectivity index (χ4v) is 3.31. The second-order valence-corrected chi connectivity index (χ2v) is 7.74. The molecule has 0 aliphatic carbocycles. The maximum Gasteiger partial charge on any atom is 0.345 e. The van der Waals surface area contributed by atoms with Crippen molar-refractivity contribution in [2.75, 3.05) is 18.1 Å². The van der Waals surface area contributed by atoms with Crippen LogP contribution in [0.2, 0.25) is 0 Å². The number of unbranched alkanes of at least 4 members (excludes halogenated alkanes) is 9. The summed E-state index contributed by atoms with van der Waals surface area (Å²) in [6.07, 6.45) is 13.0. The van der Waals surface area contributed by atoms with E-state index in [1.54, 1.807) is 30.3 Å². The first-order chi connectivity index (χ1) is 14.6. The molecule has 0 radical (unpaired) electrons. The van der Waals surface area contributed by atoms with Gasteiger partial charge < -0.3 is 20.9 Å². The van der Waals surface area contributed by atoms with Gasteiger partial charge in [0.25, 0.3) is 0 Å². The number of rotatable bonds is 14. The van der Waals surface area contributed by atoms with Gasteiger partial charge in [-0.05, 0) is 48.9 Å². The minimum absolute atomic E-state index is 0.297. The van der Waals surface area contributed by atoms with Gasteiger partial charge in [-0.2, -0.15) is 0 Å². The second-order valence-electron chi connectivity index (χ2n) is 7.74. The van der Waals surface area contributed by atoms with Gasteiger partial charge in [-0.15, -0.1) is 0 Å². The number of benzene rings is 2. The van der Waals surface area contributed by atoms with Gasteiger partial charge in [-0.3, -0.25) is 0 Å². The van der Waals surface area contributed by atoms with E-state index in [1.165, 1.54) is 57.8 Å². The summed E-state index contributed by atoms with van der Waals surface area (Å²) >= 11 is 0. The first-order valence-electron chi connectivity index (χ1n) is 11.2. The molecule has 0 saturated heterocycles. The van der Waals surface area contributed by atoms with Gasteiger partial charge in [-0.25, -0.2) is 4.79 Å². The van der Waals surface area contributed by atoms with Crippen molar-refractivity contribution < 1.29 is 14.3 Å². The Balaban J connectivity index is 1.60. The minimum atomic E-state index is -0.508. The average molecular weight is 413 g/mol. The predicted molar refractivity (Wildman–Crippen MR) is 124 cm³/mol. The number of carbonyl (C=O) groups is 1. The Kier molecular flexibility index (Phi) is 10.6. The molecule has 0 aromatic heterocycles. The molecule has 0 heterocycles. The van der Waals surface area contributed by atoms with E-state index in [2.05, 4.69) is 6.92 Å². The van der Waals surface area contributed by atoms with Crippen molar-refractivity contribution in [1.82, 2.24) is 0 Å². The van der Waals surface area contributed by atoms with Crippen molar-refractivity contribution in [2.24, 2.45) is 0 Å². The predicted octanol–water partition coefficient (Wildman–Crippen LogP) is 6.37. The molecule has 2 aromatic carbocycles. The Bertz CT molecular complexity index is 759. The van der Waals surface area contributed by atoms with Crippen molar-refractivity contribution in [2.45, 2.75) is 71.1 Å². The maximum atomic E-state index is 12.2. The minimum Gasteiger partial charge on any atom is -0.494 e. The fraction of sp³-hybridized carbons (Fsp3) is 0.480. The van der Waals surface area contributed by atoms with Gasteiger partial charge >= 0.3 is 5.97 Å². The molecule has 2 aromatic rings. The van der Waals surface area contributed by atoms with Crippen molar-refractivity contribution in [3.05, 3.63) is 48.0 Å². The summed E-state index contributed by atoms with van der Waals surface area (Å²) in [6.45, 7) is 2.96. The zero-order valence-electron chi connectivity index (χ0n) is 18.2. The number of anilines is 2. The van der Waals surface area contributed by atoms with Crippen LogP contribution in [-0.4, -0.2) is 12.6 Å². The van der Waals surface area contributed by atoms with Crippen LogP contribution in [0.3, 0.4) is 0 Å². The number of nitrogen functional groups attached to an aromatic ring is 2. The third-order valence-electron chi connectivity index (χ3n) is 5.10. The normalized spacial score (nSPS) is 10.7. The number of nitrogens with two attached hydrogens (primary N) is 2. The third-order valence-corrected chi connectivity index (χ3v) is 5.10. The molecule has 164 valence electrons. The number of esters is 1. The van der Waals surface area contributed by atoms with Gasteiger partial charge in [0, 0.05) is 11.4 Å². The van der Waals surface area contributed by atoms with Crippen LogP contribution in [0.5, 0.6) is 11.5 Å². The lowest BCUT2D eigenvalue weighted by molar-refractivity contribution is 0.0735. The summed E-state index contributed by atoms with van der Waals surface area (Å²) in [5.74, 6) is 0.715. The molecule has 5 nitrogen and oxygen atoms in total. The SMILES string of the molecule is CCCCCCCCCCCCOc1ccc(OC(=O)c2ccc(N)cc2N)cc1. The molecule has 30 heavy (non-hydrogen) atoms. The van der Waals surface area contributed by atoms with E-state index < -0.39 is 5.97 Å². The molecule has 0 amide bonds. The smallest absolute Gasteiger partial charge is 0.345 e. The molecule has 0 spiro atoms. The first kappa shape index (κ1) is 23.6. The Morgan fingerprint density at radius 2 is 1.33 bits per heavy atom. The van der Waals surface area contributed by atoms with Gasteiger partial charge in [0.05, 0.1) is 12.2 Å². The van der Waals surface area contributed by atoms with Crippen molar-refractivity contribution in [3.63, 3.8) is 0 Å². The Labute approximate surface area is 180 Å². The lowest BCUT2D eigenvalue weighted by atomic mass is 10.1. The van der Waals surface area contributed by atoms with Crippen LogP contribution in [0.25, 0.3) is 0 Å². The van der Waals surface area contributed by atoms with Crippen molar-refractivity contribution in [3.8, 4) is 11.5 Å². The molecule has 5 heteroatoms. The lowest BCUT2D eigenvalue weighted by Crippen LogP contribution is -2.11. The van der Waals surface area contributed by atoms with E-state index in [0.29, 0.717) is 29.3 Å². The molecule has 0 aliphatic heterocycles. The number of hydrogen-bond acceptors (Lipinski definition) is 5. The number of hydrogen-bond donors (Lipinski definition) is 2. The van der Waals surface area contributed by atoms with E-state index in [9.17, 15) is 4.79 Å². The molecular formula is C25H36N2O3. The van der Waals surface area contributed by atoms with Crippen LogP contribution >= 0.6 is 0 Å². The topological polar surface area (TPSA) is 87.6 Å². The monoisotopic (exact) mass is 412 g/mol. The highest BCUT2D eigenvalue weighted by atomic mass is 16.5. The standard InChI is InChI=1S/C25H36N2O3/c1-2-3-4-5-6-7-8-9-10-11-18-29-21-13-15-22(16-14-21)30-25(28)23-17-12-20(26)19-24(23)27/h12-17,19H,2-11,18,26-27H2,1H3. The molecular weight excluding hydrogens is 376 g/mol. The molecule has 0 fully saturated rings. The number of ether oxygens (including phenoxy) is 2. The maximum absolute atomic E-state index is 12.2. The Morgan fingerprint density at radius 3 is 1.93 bits per heavy atom. The third kappa shape index (κ3) is 8.76. The molecule has 4 N–H and O–H groups in total. The van der Waals surface area contributed by atoms with Gasteiger partial charge in [0.2, 0.25) is 0 Å². The van der Waals surface area contributed by atoms with Crippen LogP contribution in [0, 0.1) is 0 Å². The lowest BCUT2D eigenvalue weighted by Gasteiger charge is -2.09. The summed E-state index contributed by atoms with van der Waals surface area (Å²) in [5, 5.41) is 0. The molecule has 0 atom stereocenters. The largest absolute Gasteiger partial charge is 0.494 e. The van der Waals surface area contributed by atoms with Crippen LogP contribution < -0.4 is 20.9 Å². The van der Waals surface area contributed by atoms with Gasteiger partial charge in [-0.1, -0.05) is 64.7 Å². The summed E-state index contributed by atoms with van der Waals surface area (Å²) in [7, 11) is 0. The Hall–Kier alpha value is -2.69. The van der Waals surface area contributed by atoms with Gasteiger partial charge in [0.15, 0.2) is 0 Å². The molecule has 0 bridgehead atoms. The zero-order valence-corrected chi connectivity index (χ0v) is 18.2. The fourth-order valence-electron chi connectivity index (χ4n) is 3.31. The summed E-state index contributed by atoms with van der Waals surface area (Å²) < 4.78 is 11.2. The van der Waals surface area contributed by atoms with E-state index in [1.807, 2.05) is 12.1 Å². The molecule has 0 aliphatic rings.